The average molecular weight is 146 g/mol. The predicted octanol–water partition coefficient (Wildman–Crippen LogP) is 1.76. The van der Waals surface area contributed by atoms with Gasteiger partial charge in [-0.1, -0.05) is 0 Å². The van der Waals surface area contributed by atoms with Gasteiger partial charge in [-0.2, -0.15) is 0 Å². The van der Waals surface area contributed by atoms with Gasteiger partial charge in [-0.05, 0) is 5.41 Å². The van der Waals surface area contributed by atoms with Crippen LogP contribution < -0.4 is 0 Å². The van der Waals surface area contributed by atoms with Gasteiger partial charge in [0.1, 0.15) is 5.78 Å². The highest BCUT2D eigenvalue weighted by atomic mass is 19.3. The Hall–Kier alpha value is -0.470. The number of ketones is 1. The summed E-state index contributed by atoms with van der Waals surface area (Å²) in [6.07, 6.45) is 0.711. The zero-order valence-corrected chi connectivity index (χ0v) is 5.49. The van der Waals surface area contributed by atoms with E-state index in [1.54, 1.807) is 0 Å². The van der Waals surface area contributed by atoms with Gasteiger partial charge in [0.15, 0.2) is 0 Å². The molecule has 2 fully saturated rings. The minimum atomic E-state index is -2.46. The van der Waals surface area contributed by atoms with Gasteiger partial charge in [-0.25, -0.2) is 8.78 Å². The molecule has 0 N–H and O–H groups in total. The molecule has 0 unspecified atom stereocenters. The first-order valence-corrected chi connectivity index (χ1v) is 3.41. The summed E-state index contributed by atoms with van der Waals surface area (Å²) < 4.78 is 24.5. The maximum absolute atomic E-state index is 12.3. The Bertz CT molecular complexity index is 180. The van der Waals surface area contributed by atoms with E-state index in [9.17, 15) is 13.6 Å². The SMILES string of the molecule is O=C1CC2(C1)CC(F)(F)C2. The first kappa shape index (κ1) is 6.25. The summed E-state index contributed by atoms with van der Waals surface area (Å²) in [5.74, 6) is -2.31. The number of hydrogen-bond donors (Lipinski definition) is 0. The van der Waals surface area contributed by atoms with Crippen LogP contribution in [0.15, 0.2) is 0 Å². The molecule has 0 bridgehead atoms. The second-order valence-electron chi connectivity index (χ2n) is 3.60. The number of rotatable bonds is 0. The first-order valence-electron chi connectivity index (χ1n) is 3.41. The number of carbonyl (C=O) groups is 1. The van der Waals surface area contributed by atoms with Gasteiger partial charge in [0, 0.05) is 25.7 Å². The highest BCUT2D eigenvalue weighted by Crippen LogP contribution is 2.60. The van der Waals surface area contributed by atoms with E-state index in [-0.39, 0.29) is 24.0 Å². The molecule has 0 radical (unpaired) electrons. The van der Waals surface area contributed by atoms with Crippen LogP contribution in [0.5, 0.6) is 0 Å². The van der Waals surface area contributed by atoms with E-state index >= 15 is 0 Å². The van der Waals surface area contributed by atoms with Crippen molar-refractivity contribution < 1.29 is 13.6 Å². The molecular weight excluding hydrogens is 138 g/mol. The molecule has 0 aromatic carbocycles. The lowest BCUT2D eigenvalue weighted by molar-refractivity contribution is -0.191. The molecule has 2 saturated carbocycles. The Morgan fingerprint density at radius 1 is 1.20 bits per heavy atom. The third-order valence-electron chi connectivity index (χ3n) is 2.41. The molecule has 2 aliphatic rings. The molecule has 1 nitrogen and oxygen atoms in total. The van der Waals surface area contributed by atoms with Gasteiger partial charge in [0.2, 0.25) is 5.92 Å². The summed E-state index contributed by atoms with van der Waals surface area (Å²) in [5, 5.41) is 0. The van der Waals surface area contributed by atoms with Crippen LogP contribution in [0.4, 0.5) is 8.78 Å². The van der Waals surface area contributed by atoms with Crippen LogP contribution in [-0.4, -0.2) is 11.7 Å². The predicted molar refractivity (Wildman–Crippen MR) is 30.9 cm³/mol. The topological polar surface area (TPSA) is 17.1 Å². The lowest BCUT2D eigenvalue weighted by Crippen LogP contribution is -2.53. The highest BCUT2D eigenvalue weighted by molar-refractivity contribution is 5.86. The summed E-state index contributed by atoms with van der Waals surface area (Å²) in [5.41, 5.74) is -0.249. The highest BCUT2D eigenvalue weighted by Gasteiger charge is 2.61. The van der Waals surface area contributed by atoms with Gasteiger partial charge in [-0.15, -0.1) is 0 Å². The Labute approximate surface area is 57.4 Å². The Kier molecular flexibility index (Phi) is 0.881. The number of hydrogen-bond acceptors (Lipinski definition) is 1. The summed E-state index contributed by atoms with van der Waals surface area (Å²) in [7, 11) is 0. The van der Waals surface area contributed by atoms with E-state index in [2.05, 4.69) is 0 Å². The second-order valence-corrected chi connectivity index (χ2v) is 3.60. The van der Waals surface area contributed by atoms with Crippen molar-refractivity contribution in [3.05, 3.63) is 0 Å². The Morgan fingerprint density at radius 3 is 2.00 bits per heavy atom. The van der Waals surface area contributed by atoms with Crippen molar-refractivity contribution in [2.24, 2.45) is 5.41 Å². The van der Waals surface area contributed by atoms with E-state index in [1.165, 1.54) is 0 Å². The molecule has 2 rings (SSSR count). The zero-order chi connectivity index (χ0) is 7.41. The van der Waals surface area contributed by atoms with E-state index < -0.39 is 5.92 Å². The van der Waals surface area contributed by atoms with Crippen LogP contribution in [0.1, 0.15) is 25.7 Å². The molecule has 0 saturated heterocycles. The van der Waals surface area contributed by atoms with Gasteiger partial charge >= 0.3 is 0 Å². The minimum Gasteiger partial charge on any atom is -0.300 e. The monoisotopic (exact) mass is 146 g/mol. The molecule has 2 aliphatic carbocycles. The third kappa shape index (κ3) is 0.693. The minimum absolute atomic E-state index is 0.0499. The molecule has 3 heteroatoms. The molecule has 0 aromatic rings. The van der Waals surface area contributed by atoms with Crippen LogP contribution in [0.3, 0.4) is 0 Å². The fraction of sp³-hybridized carbons (Fsp3) is 0.857. The third-order valence-corrected chi connectivity index (χ3v) is 2.41. The first-order chi connectivity index (χ1) is 4.52. The number of carbonyl (C=O) groups excluding carboxylic acids is 1. The molecule has 1 spiro atoms. The standard InChI is InChI=1S/C7H8F2O/c8-7(9)3-6(4-7)1-5(10)2-6/h1-4H2. The van der Waals surface area contributed by atoms with E-state index in [0.717, 1.165) is 0 Å². The fourth-order valence-corrected chi connectivity index (χ4v) is 2.08. The van der Waals surface area contributed by atoms with Crippen LogP contribution in [0, 0.1) is 5.41 Å². The van der Waals surface area contributed by atoms with Crippen LogP contribution in [0.25, 0.3) is 0 Å². The molecule has 0 atom stereocenters. The van der Waals surface area contributed by atoms with E-state index in [1.807, 2.05) is 0 Å². The number of alkyl halides is 2. The normalized spacial score (nSPS) is 33.2. The lowest BCUT2D eigenvalue weighted by atomic mass is 9.54. The number of Topliss-reactive ketones (excluding diaryl/α,β-unsaturated/α-hetero) is 1. The van der Waals surface area contributed by atoms with Crippen molar-refractivity contribution in [3.8, 4) is 0 Å². The Balaban J connectivity index is 1.96. The van der Waals surface area contributed by atoms with Gasteiger partial charge in [0.05, 0.1) is 0 Å². The molecular formula is C7H8F2O. The van der Waals surface area contributed by atoms with E-state index in [4.69, 9.17) is 0 Å². The molecule has 0 aromatic heterocycles. The van der Waals surface area contributed by atoms with Crippen LogP contribution in [0.2, 0.25) is 0 Å². The average Bonchev–Trinajstić information content (AvgIpc) is 1.55. The molecule has 0 aliphatic heterocycles. The van der Waals surface area contributed by atoms with Crippen molar-refractivity contribution in [1.29, 1.82) is 0 Å². The van der Waals surface area contributed by atoms with Gasteiger partial charge < -0.3 is 0 Å². The second kappa shape index (κ2) is 1.41. The molecule has 10 heavy (non-hydrogen) atoms. The molecule has 0 heterocycles. The quantitative estimate of drug-likeness (QED) is 0.509. The zero-order valence-electron chi connectivity index (χ0n) is 5.49. The van der Waals surface area contributed by atoms with Crippen molar-refractivity contribution in [3.63, 3.8) is 0 Å². The number of halogens is 2. The van der Waals surface area contributed by atoms with Gasteiger partial charge in [-0.3, -0.25) is 4.79 Å². The smallest absolute Gasteiger partial charge is 0.249 e. The van der Waals surface area contributed by atoms with Gasteiger partial charge in [0.25, 0.3) is 0 Å². The summed E-state index contributed by atoms with van der Waals surface area (Å²) >= 11 is 0. The maximum Gasteiger partial charge on any atom is 0.249 e. The van der Waals surface area contributed by atoms with E-state index in [0.29, 0.717) is 12.8 Å². The van der Waals surface area contributed by atoms with Crippen molar-refractivity contribution in [2.45, 2.75) is 31.6 Å². The van der Waals surface area contributed by atoms with Crippen molar-refractivity contribution in [2.75, 3.05) is 0 Å². The summed E-state index contributed by atoms with van der Waals surface area (Å²) in [6, 6.07) is 0. The maximum atomic E-state index is 12.3. The summed E-state index contributed by atoms with van der Waals surface area (Å²) in [4.78, 5) is 10.5. The largest absolute Gasteiger partial charge is 0.300 e. The van der Waals surface area contributed by atoms with Crippen molar-refractivity contribution >= 4 is 5.78 Å². The van der Waals surface area contributed by atoms with Crippen LogP contribution >= 0.6 is 0 Å². The Morgan fingerprint density at radius 2 is 1.70 bits per heavy atom. The molecule has 0 amide bonds. The lowest BCUT2D eigenvalue weighted by Gasteiger charge is -2.52. The van der Waals surface area contributed by atoms with Crippen LogP contribution in [-0.2, 0) is 4.79 Å². The summed E-state index contributed by atoms with van der Waals surface area (Å²) in [6.45, 7) is 0. The fourth-order valence-electron chi connectivity index (χ4n) is 2.08. The van der Waals surface area contributed by atoms with Crippen molar-refractivity contribution in [1.82, 2.24) is 0 Å². The molecule has 56 valence electrons.